The monoisotopic (exact) mass is 248 g/mol. The Labute approximate surface area is 108 Å². The summed E-state index contributed by atoms with van der Waals surface area (Å²) in [5, 5.41) is 6.18. The number of hydrogen-bond acceptors (Lipinski definition) is 3. The lowest BCUT2D eigenvalue weighted by molar-refractivity contribution is -0.126. The summed E-state index contributed by atoms with van der Waals surface area (Å²) in [7, 11) is 0. The third-order valence-electron chi connectivity index (χ3n) is 3.25. The summed E-state index contributed by atoms with van der Waals surface area (Å²) in [4.78, 5) is 12.0. The van der Waals surface area contributed by atoms with Crippen molar-refractivity contribution < 1.29 is 9.53 Å². The summed E-state index contributed by atoms with van der Waals surface area (Å²) in [5.41, 5.74) is 2.35. The predicted molar refractivity (Wildman–Crippen MR) is 70.3 cm³/mol. The molecule has 2 atom stereocenters. The van der Waals surface area contributed by atoms with Crippen LogP contribution < -0.4 is 10.6 Å². The number of morpholine rings is 1. The third kappa shape index (κ3) is 3.09. The van der Waals surface area contributed by atoms with Crippen LogP contribution >= 0.6 is 0 Å². The first kappa shape index (κ1) is 13.1. The zero-order chi connectivity index (χ0) is 13.0. The van der Waals surface area contributed by atoms with Crippen molar-refractivity contribution in [1.29, 1.82) is 0 Å². The molecule has 0 spiro atoms. The van der Waals surface area contributed by atoms with E-state index in [1.165, 1.54) is 5.56 Å². The molecule has 0 aromatic heterocycles. The molecule has 18 heavy (non-hydrogen) atoms. The van der Waals surface area contributed by atoms with Gasteiger partial charge in [-0.3, -0.25) is 4.79 Å². The lowest BCUT2D eigenvalue weighted by Crippen LogP contribution is -2.51. The number of aryl methyl sites for hydroxylation is 1. The molecule has 0 bridgehead atoms. The van der Waals surface area contributed by atoms with Gasteiger partial charge < -0.3 is 15.4 Å². The number of amides is 1. The molecule has 0 saturated carbocycles. The zero-order valence-electron chi connectivity index (χ0n) is 10.9. The van der Waals surface area contributed by atoms with E-state index in [4.69, 9.17) is 4.74 Å². The summed E-state index contributed by atoms with van der Waals surface area (Å²) in [6.07, 6.45) is 0. The van der Waals surface area contributed by atoms with E-state index in [0.717, 1.165) is 12.1 Å². The van der Waals surface area contributed by atoms with Gasteiger partial charge in [0.15, 0.2) is 0 Å². The third-order valence-corrected chi connectivity index (χ3v) is 3.25. The Morgan fingerprint density at radius 3 is 2.94 bits per heavy atom. The van der Waals surface area contributed by atoms with Crippen LogP contribution in [0.4, 0.5) is 0 Å². The Hall–Kier alpha value is -1.39. The zero-order valence-corrected chi connectivity index (χ0v) is 10.9. The van der Waals surface area contributed by atoms with Gasteiger partial charge in [-0.1, -0.05) is 24.3 Å². The Morgan fingerprint density at radius 1 is 1.50 bits per heavy atom. The highest BCUT2D eigenvalue weighted by Gasteiger charge is 2.22. The van der Waals surface area contributed by atoms with Crippen molar-refractivity contribution >= 4 is 5.91 Å². The van der Waals surface area contributed by atoms with Gasteiger partial charge in [0.1, 0.15) is 6.04 Å². The topological polar surface area (TPSA) is 50.4 Å². The molecule has 0 aliphatic carbocycles. The highest BCUT2D eigenvalue weighted by atomic mass is 16.5. The summed E-state index contributed by atoms with van der Waals surface area (Å²) in [6.45, 7) is 5.92. The minimum atomic E-state index is -0.231. The highest BCUT2D eigenvalue weighted by molar-refractivity contribution is 5.82. The predicted octanol–water partition coefficient (Wildman–Crippen LogP) is 1.16. The fourth-order valence-corrected chi connectivity index (χ4v) is 2.20. The van der Waals surface area contributed by atoms with Gasteiger partial charge in [-0.05, 0) is 25.0 Å². The lowest BCUT2D eigenvalue weighted by atomic mass is 10.0. The average molecular weight is 248 g/mol. The van der Waals surface area contributed by atoms with E-state index in [1.807, 2.05) is 25.1 Å². The van der Waals surface area contributed by atoms with Crippen LogP contribution in [-0.4, -0.2) is 31.7 Å². The number of nitrogens with one attached hydrogen (secondary N) is 2. The van der Waals surface area contributed by atoms with Crippen molar-refractivity contribution in [3.63, 3.8) is 0 Å². The Balaban J connectivity index is 1.96. The molecular formula is C14H20N2O2. The number of benzene rings is 1. The number of carbonyl (C=O) groups is 1. The van der Waals surface area contributed by atoms with Crippen LogP contribution in [0.2, 0.25) is 0 Å². The Bertz CT molecular complexity index is 414. The van der Waals surface area contributed by atoms with Crippen LogP contribution in [0.15, 0.2) is 24.3 Å². The second-order valence-electron chi connectivity index (χ2n) is 4.67. The Kier molecular flexibility index (Phi) is 4.33. The van der Waals surface area contributed by atoms with E-state index in [9.17, 15) is 4.79 Å². The van der Waals surface area contributed by atoms with Gasteiger partial charge in [0, 0.05) is 6.54 Å². The van der Waals surface area contributed by atoms with Gasteiger partial charge >= 0.3 is 0 Å². The minimum absolute atomic E-state index is 0.00505. The molecule has 1 heterocycles. The first-order chi connectivity index (χ1) is 8.68. The van der Waals surface area contributed by atoms with Crippen molar-refractivity contribution in [3.8, 4) is 0 Å². The molecule has 1 aliphatic heterocycles. The first-order valence-corrected chi connectivity index (χ1v) is 6.35. The van der Waals surface area contributed by atoms with Gasteiger partial charge in [0.2, 0.25) is 5.91 Å². The van der Waals surface area contributed by atoms with Crippen LogP contribution in [0.5, 0.6) is 0 Å². The number of ether oxygens (including phenoxy) is 1. The van der Waals surface area contributed by atoms with Crippen LogP contribution in [0.1, 0.15) is 24.1 Å². The van der Waals surface area contributed by atoms with Crippen LogP contribution in [-0.2, 0) is 9.53 Å². The molecule has 98 valence electrons. The van der Waals surface area contributed by atoms with Crippen LogP contribution in [0.25, 0.3) is 0 Å². The highest BCUT2D eigenvalue weighted by Crippen LogP contribution is 2.16. The smallest absolute Gasteiger partial charge is 0.240 e. The number of rotatable bonds is 3. The quantitative estimate of drug-likeness (QED) is 0.844. The van der Waals surface area contributed by atoms with Crippen molar-refractivity contribution in [3.05, 3.63) is 35.4 Å². The molecule has 0 radical (unpaired) electrons. The van der Waals surface area contributed by atoms with Gasteiger partial charge in [-0.15, -0.1) is 0 Å². The van der Waals surface area contributed by atoms with E-state index in [2.05, 4.69) is 23.6 Å². The largest absolute Gasteiger partial charge is 0.378 e. The van der Waals surface area contributed by atoms with Crippen molar-refractivity contribution in [1.82, 2.24) is 10.6 Å². The maximum Gasteiger partial charge on any atom is 0.240 e. The van der Waals surface area contributed by atoms with Crippen molar-refractivity contribution in [2.45, 2.75) is 25.9 Å². The molecule has 1 fully saturated rings. The fraction of sp³-hybridized carbons (Fsp3) is 0.500. The molecule has 2 N–H and O–H groups in total. The molecule has 4 nitrogen and oxygen atoms in total. The van der Waals surface area contributed by atoms with Gasteiger partial charge in [0.05, 0.1) is 19.3 Å². The van der Waals surface area contributed by atoms with Gasteiger partial charge in [0.25, 0.3) is 0 Å². The summed E-state index contributed by atoms with van der Waals surface area (Å²) in [6, 6.07) is 7.88. The maximum atomic E-state index is 12.0. The molecule has 2 rings (SSSR count). The van der Waals surface area contributed by atoms with E-state index in [-0.39, 0.29) is 18.0 Å². The normalized spacial score (nSPS) is 21.3. The van der Waals surface area contributed by atoms with Crippen LogP contribution in [0, 0.1) is 6.92 Å². The molecule has 1 amide bonds. The first-order valence-electron chi connectivity index (χ1n) is 6.35. The van der Waals surface area contributed by atoms with E-state index < -0.39 is 0 Å². The number of carbonyl (C=O) groups excluding carboxylic acids is 1. The summed E-state index contributed by atoms with van der Waals surface area (Å²) >= 11 is 0. The summed E-state index contributed by atoms with van der Waals surface area (Å²) in [5.74, 6) is 0.00505. The fourth-order valence-electron chi connectivity index (χ4n) is 2.20. The maximum absolute atomic E-state index is 12.0. The van der Waals surface area contributed by atoms with Gasteiger partial charge in [-0.2, -0.15) is 0 Å². The van der Waals surface area contributed by atoms with Gasteiger partial charge in [-0.25, -0.2) is 0 Å². The van der Waals surface area contributed by atoms with Crippen LogP contribution in [0.3, 0.4) is 0 Å². The van der Waals surface area contributed by atoms with Crippen molar-refractivity contribution in [2.75, 3.05) is 19.8 Å². The second kappa shape index (κ2) is 5.98. The summed E-state index contributed by atoms with van der Waals surface area (Å²) < 4.78 is 5.29. The van der Waals surface area contributed by atoms with E-state index >= 15 is 0 Å². The molecule has 4 heteroatoms. The average Bonchev–Trinajstić information content (AvgIpc) is 2.40. The molecule has 1 aliphatic rings. The van der Waals surface area contributed by atoms with E-state index in [0.29, 0.717) is 13.2 Å². The van der Waals surface area contributed by atoms with E-state index in [1.54, 1.807) is 0 Å². The minimum Gasteiger partial charge on any atom is -0.378 e. The standard InChI is InChI=1S/C14H20N2O2/c1-10-5-3-4-6-12(10)11(2)16-14(17)13-9-18-8-7-15-13/h3-6,11,13,15H,7-9H2,1-2H3,(H,16,17). The molecule has 1 aromatic rings. The molecular weight excluding hydrogens is 228 g/mol. The SMILES string of the molecule is Cc1ccccc1C(C)NC(=O)C1COCCN1. The second-order valence-corrected chi connectivity index (χ2v) is 4.67. The molecule has 1 saturated heterocycles. The molecule has 2 unspecified atom stereocenters. The Morgan fingerprint density at radius 2 is 2.28 bits per heavy atom. The van der Waals surface area contributed by atoms with Crippen molar-refractivity contribution in [2.24, 2.45) is 0 Å². The number of hydrogen-bond donors (Lipinski definition) is 2. The lowest BCUT2D eigenvalue weighted by Gasteiger charge is -2.25. The molecule has 1 aromatic carbocycles.